The van der Waals surface area contributed by atoms with Crippen LogP contribution in [0.2, 0.25) is 5.02 Å². The van der Waals surface area contributed by atoms with Gasteiger partial charge >= 0.3 is 5.97 Å². The second kappa shape index (κ2) is 3.74. The minimum Gasteiger partial charge on any atom is -0.478 e. The van der Waals surface area contributed by atoms with Crippen LogP contribution in [0.5, 0.6) is 0 Å². The Hall–Kier alpha value is -1.81. The van der Waals surface area contributed by atoms with Gasteiger partial charge in [-0.25, -0.2) is 9.48 Å². The number of hydrogen-bond donors (Lipinski definition) is 1. The summed E-state index contributed by atoms with van der Waals surface area (Å²) in [4.78, 5) is 10.7. The molecule has 0 atom stereocenters. The first kappa shape index (κ1) is 9.73. The van der Waals surface area contributed by atoms with Crippen molar-refractivity contribution in [2.45, 2.75) is 0 Å². The number of rotatable bonds is 2. The smallest absolute Gasteiger partial charge is 0.337 e. The van der Waals surface area contributed by atoms with E-state index in [9.17, 15) is 4.79 Å². The molecule has 76 valence electrons. The summed E-state index contributed by atoms with van der Waals surface area (Å²) in [6.45, 7) is 0. The van der Waals surface area contributed by atoms with E-state index in [4.69, 9.17) is 16.7 Å². The highest BCUT2D eigenvalue weighted by molar-refractivity contribution is 6.33. The molecule has 0 amide bonds. The molecule has 1 aromatic carbocycles. The van der Waals surface area contributed by atoms with Crippen molar-refractivity contribution >= 4 is 17.6 Å². The van der Waals surface area contributed by atoms with Crippen LogP contribution < -0.4 is 0 Å². The Morgan fingerprint density at radius 3 is 2.80 bits per heavy atom. The molecule has 2 aromatic rings. The van der Waals surface area contributed by atoms with Crippen LogP contribution in [-0.2, 0) is 0 Å². The molecule has 0 unspecified atom stereocenters. The zero-order valence-corrected chi connectivity index (χ0v) is 8.35. The first-order valence-corrected chi connectivity index (χ1v) is 4.59. The van der Waals surface area contributed by atoms with Gasteiger partial charge in [0.25, 0.3) is 0 Å². The van der Waals surface area contributed by atoms with E-state index in [0.717, 1.165) is 5.69 Å². The van der Waals surface area contributed by atoms with Gasteiger partial charge in [0.2, 0.25) is 0 Å². The molecular formula is C10H7ClN2O2. The number of carboxylic acid groups (broad SMARTS) is 1. The minimum atomic E-state index is -1.04. The average Bonchev–Trinajstić information content (AvgIpc) is 2.69. The van der Waals surface area contributed by atoms with Gasteiger partial charge in [-0.15, -0.1) is 0 Å². The zero-order valence-electron chi connectivity index (χ0n) is 7.59. The van der Waals surface area contributed by atoms with E-state index >= 15 is 0 Å². The summed E-state index contributed by atoms with van der Waals surface area (Å²) < 4.78 is 1.61. The van der Waals surface area contributed by atoms with Crippen LogP contribution in [-0.4, -0.2) is 20.9 Å². The van der Waals surface area contributed by atoms with Gasteiger partial charge in [-0.3, -0.25) is 0 Å². The van der Waals surface area contributed by atoms with Gasteiger partial charge in [-0.05, 0) is 24.3 Å². The molecule has 2 rings (SSSR count). The second-order valence-electron chi connectivity index (χ2n) is 2.92. The van der Waals surface area contributed by atoms with Gasteiger partial charge in [0.1, 0.15) is 0 Å². The minimum absolute atomic E-state index is 0.0903. The maximum absolute atomic E-state index is 10.7. The predicted octanol–water partition coefficient (Wildman–Crippen LogP) is 2.22. The van der Waals surface area contributed by atoms with E-state index < -0.39 is 5.97 Å². The maximum Gasteiger partial charge on any atom is 0.337 e. The highest BCUT2D eigenvalue weighted by Crippen LogP contribution is 2.19. The lowest BCUT2D eigenvalue weighted by molar-refractivity contribution is 0.0697. The second-order valence-corrected chi connectivity index (χ2v) is 3.33. The number of aromatic nitrogens is 2. The molecule has 0 aliphatic carbocycles. The van der Waals surface area contributed by atoms with Crippen molar-refractivity contribution in [3.05, 3.63) is 47.2 Å². The molecule has 0 spiro atoms. The van der Waals surface area contributed by atoms with Crippen molar-refractivity contribution in [3.63, 3.8) is 0 Å². The monoisotopic (exact) mass is 222 g/mol. The Labute approximate surface area is 90.7 Å². The Kier molecular flexibility index (Phi) is 2.43. The van der Waals surface area contributed by atoms with E-state index in [2.05, 4.69) is 5.10 Å². The fourth-order valence-electron chi connectivity index (χ4n) is 1.24. The Balaban J connectivity index is 2.47. The van der Waals surface area contributed by atoms with E-state index in [-0.39, 0.29) is 10.6 Å². The van der Waals surface area contributed by atoms with Crippen LogP contribution in [0.3, 0.4) is 0 Å². The van der Waals surface area contributed by atoms with Crippen LogP contribution in [0.15, 0.2) is 36.7 Å². The summed E-state index contributed by atoms with van der Waals surface area (Å²) in [6.07, 6.45) is 3.39. The van der Waals surface area contributed by atoms with Gasteiger partial charge in [0.15, 0.2) is 0 Å². The number of carbonyl (C=O) groups is 1. The summed E-state index contributed by atoms with van der Waals surface area (Å²) >= 11 is 5.82. The lowest BCUT2D eigenvalue weighted by Crippen LogP contribution is -2.00. The Morgan fingerprint density at radius 2 is 2.27 bits per heavy atom. The van der Waals surface area contributed by atoms with Crippen molar-refractivity contribution in [1.29, 1.82) is 0 Å². The van der Waals surface area contributed by atoms with Gasteiger partial charge in [0, 0.05) is 12.4 Å². The van der Waals surface area contributed by atoms with Gasteiger partial charge in [-0.1, -0.05) is 11.6 Å². The van der Waals surface area contributed by atoms with E-state index in [1.54, 1.807) is 35.3 Å². The summed E-state index contributed by atoms with van der Waals surface area (Å²) in [5, 5.41) is 13.0. The third-order valence-corrected chi connectivity index (χ3v) is 2.26. The van der Waals surface area contributed by atoms with Crippen molar-refractivity contribution in [1.82, 2.24) is 9.78 Å². The molecule has 1 N–H and O–H groups in total. The molecule has 0 aliphatic heterocycles. The van der Waals surface area contributed by atoms with Gasteiger partial charge in [0.05, 0.1) is 16.3 Å². The third kappa shape index (κ3) is 1.85. The number of carboxylic acids is 1. The largest absolute Gasteiger partial charge is 0.478 e. The quantitative estimate of drug-likeness (QED) is 0.848. The van der Waals surface area contributed by atoms with Crippen LogP contribution in [0.1, 0.15) is 10.4 Å². The summed E-state index contributed by atoms with van der Waals surface area (Å²) in [6, 6.07) is 6.46. The summed E-state index contributed by atoms with van der Waals surface area (Å²) in [5.41, 5.74) is 0.822. The Morgan fingerprint density at radius 1 is 1.47 bits per heavy atom. The molecule has 0 saturated carbocycles. The van der Waals surface area contributed by atoms with E-state index in [1.807, 2.05) is 0 Å². The van der Waals surface area contributed by atoms with Gasteiger partial charge in [-0.2, -0.15) is 5.10 Å². The van der Waals surface area contributed by atoms with Crippen LogP contribution in [0.25, 0.3) is 5.69 Å². The number of hydrogen-bond acceptors (Lipinski definition) is 2. The zero-order chi connectivity index (χ0) is 10.8. The molecular weight excluding hydrogens is 216 g/mol. The fourth-order valence-corrected chi connectivity index (χ4v) is 1.50. The molecule has 0 bridgehead atoms. The number of nitrogens with zero attached hydrogens (tertiary/aromatic N) is 2. The first-order valence-electron chi connectivity index (χ1n) is 4.21. The lowest BCUT2D eigenvalue weighted by Gasteiger charge is -2.03. The van der Waals surface area contributed by atoms with Crippen molar-refractivity contribution in [3.8, 4) is 5.69 Å². The summed E-state index contributed by atoms with van der Waals surface area (Å²) in [7, 11) is 0. The molecule has 0 aliphatic rings. The molecule has 0 radical (unpaired) electrons. The third-order valence-electron chi connectivity index (χ3n) is 1.95. The predicted molar refractivity (Wildman–Crippen MR) is 55.5 cm³/mol. The molecule has 5 heteroatoms. The highest BCUT2D eigenvalue weighted by Gasteiger charge is 2.09. The molecule has 0 fully saturated rings. The highest BCUT2D eigenvalue weighted by atomic mass is 35.5. The Bertz CT molecular complexity index is 494. The van der Waals surface area contributed by atoms with Gasteiger partial charge < -0.3 is 5.11 Å². The van der Waals surface area contributed by atoms with Crippen LogP contribution in [0, 0.1) is 0 Å². The molecule has 1 heterocycles. The van der Waals surface area contributed by atoms with Crippen molar-refractivity contribution < 1.29 is 9.90 Å². The first-order chi connectivity index (χ1) is 7.18. The molecule has 0 saturated heterocycles. The van der Waals surface area contributed by atoms with E-state index in [1.165, 1.54) is 6.07 Å². The average molecular weight is 223 g/mol. The SMILES string of the molecule is O=C(O)c1ccc(-n2cccn2)cc1Cl. The summed E-state index contributed by atoms with van der Waals surface area (Å²) in [5.74, 6) is -1.04. The standard InChI is InChI=1S/C10H7ClN2O2/c11-9-6-7(13-5-1-4-12-13)2-3-8(9)10(14)15/h1-6H,(H,14,15). The number of aromatic carboxylic acids is 1. The van der Waals surface area contributed by atoms with Crippen LogP contribution in [0.4, 0.5) is 0 Å². The topological polar surface area (TPSA) is 55.1 Å². The normalized spacial score (nSPS) is 10.2. The molecule has 1 aromatic heterocycles. The maximum atomic E-state index is 10.7. The van der Waals surface area contributed by atoms with Crippen molar-refractivity contribution in [2.75, 3.05) is 0 Å². The number of benzene rings is 1. The fraction of sp³-hybridized carbons (Fsp3) is 0. The van der Waals surface area contributed by atoms with E-state index in [0.29, 0.717) is 0 Å². The van der Waals surface area contributed by atoms with Crippen molar-refractivity contribution in [2.24, 2.45) is 0 Å². The van der Waals surface area contributed by atoms with Crippen LogP contribution >= 0.6 is 11.6 Å². The lowest BCUT2D eigenvalue weighted by atomic mass is 10.2. The number of halogens is 1. The molecule has 15 heavy (non-hydrogen) atoms. The molecule has 4 nitrogen and oxygen atoms in total.